The number of fused-ring (bicyclic) bond motifs is 2. The van der Waals surface area contributed by atoms with Crippen LogP contribution in [0.5, 0.6) is 0 Å². The Morgan fingerprint density at radius 3 is 2.21 bits per heavy atom. The quantitative estimate of drug-likeness (QED) is 0.420. The molecular formula is C31H52O2. The van der Waals surface area contributed by atoms with Crippen molar-refractivity contribution in [3.8, 4) is 0 Å². The SMILES string of the molecule is C=C(CCC(C)(O)C1CCC2(C)C3CCC4C(C)(C)C(O)CCC45CC35CCC12C)C(C)C. The van der Waals surface area contributed by atoms with Gasteiger partial charge in [-0.3, -0.25) is 0 Å². The molecule has 33 heavy (non-hydrogen) atoms. The van der Waals surface area contributed by atoms with Crippen LogP contribution in [0.4, 0.5) is 0 Å². The van der Waals surface area contributed by atoms with Crippen LogP contribution >= 0.6 is 0 Å². The summed E-state index contributed by atoms with van der Waals surface area (Å²) in [5.41, 5.74) is 2.32. The molecule has 188 valence electrons. The Morgan fingerprint density at radius 2 is 1.55 bits per heavy atom. The Hall–Kier alpha value is -0.340. The van der Waals surface area contributed by atoms with E-state index in [1.54, 1.807) is 0 Å². The van der Waals surface area contributed by atoms with Crippen molar-refractivity contribution in [2.24, 2.45) is 50.7 Å². The molecule has 0 aromatic rings. The maximum absolute atomic E-state index is 11.8. The molecular weight excluding hydrogens is 404 g/mol. The lowest BCUT2D eigenvalue weighted by Gasteiger charge is -2.63. The minimum atomic E-state index is -0.607. The highest BCUT2D eigenvalue weighted by atomic mass is 16.3. The fourth-order valence-electron chi connectivity index (χ4n) is 11.2. The Balaban J connectivity index is 1.42. The number of allylic oxidation sites excluding steroid dienone is 1. The summed E-state index contributed by atoms with van der Waals surface area (Å²) in [5, 5.41) is 22.7. The minimum absolute atomic E-state index is 0.0646. The first-order valence-corrected chi connectivity index (χ1v) is 14.3. The first kappa shape index (κ1) is 24.4. The van der Waals surface area contributed by atoms with E-state index in [-0.39, 0.29) is 16.9 Å². The predicted molar refractivity (Wildman–Crippen MR) is 137 cm³/mol. The standard InChI is InChI=1S/C31H52O2/c1-20(2)21(3)11-15-29(8,33)23-12-14-27(6)24-10-9-22-26(4,5)25(32)13-16-30(22)19-31(24,30)18-17-28(23,27)7/h20,22-25,32-33H,3,9-19H2,1-2,4-8H3. The van der Waals surface area contributed by atoms with Gasteiger partial charge in [0.1, 0.15) is 0 Å². The van der Waals surface area contributed by atoms with Crippen LogP contribution in [0.15, 0.2) is 12.2 Å². The summed E-state index contributed by atoms with van der Waals surface area (Å²) >= 11 is 0. The minimum Gasteiger partial charge on any atom is -0.393 e. The molecule has 5 rings (SSSR count). The molecule has 0 bridgehead atoms. The first-order chi connectivity index (χ1) is 15.2. The van der Waals surface area contributed by atoms with Gasteiger partial charge >= 0.3 is 0 Å². The predicted octanol–water partition coefficient (Wildman–Crippen LogP) is 7.53. The van der Waals surface area contributed by atoms with Crippen LogP contribution in [0.2, 0.25) is 0 Å². The number of aliphatic hydroxyl groups is 2. The van der Waals surface area contributed by atoms with Gasteiger partial charge in [0.25, 0.3) is 0 Å². The fourth-order valence-corrected chi connectivity index (χ4v) is 11.2. The van der Waals surface area contributed by atoms with Crippen molar-refractivity contribution >= 4 is 0 Å². The highest BCUT2D eigenvalue weighted by molar-refractivity contribution is 5.31. The molecule has 0 saturated heterocycles. The summed E-state index contributed by atoms with van der Waals surface area (Å²) in [4.78, 5) is 0. The Kier molecular flexibility index (Phi) is 5.25. The molecule has 5 fully saturated rings. The van der Waals surface area contributed by atoms with Gasteiger partial charge < -0.3 is 10.2 Å². The van der Waals surface area contributed by atoms with E-state index in [1.165, 1.54) is 56.9 Å². The van der Waals surface area contributed by atoms with Gasteiger partial charge in [-0.25, -0.2) is 0 Å². The van der Waals surface area contributed by atoms with Gasteiger partial charge in [0, 0.05) is 0 Å². The largest absolute Gasteiger partial charge is 0.393 e. The third-order valence-electron chi connectivity index (χ3n) is 13.6. The molecule has 2 spiro atoms. The Morgan fingerprint density at radius 1 is 0.909 bits per heavy atom. The van der Waals surface area contributed by atoms with Crippen LogP contribution in [0, 0.1) is 50.7 Å². The molecule has 5 saturated carbocycles. The topological polar surface area (TPSA) is 40.5 Å². The van der Waals surface area contributed by atoms with E-state index in [0.717, 1.165) is 25.2 Å². The zero-order chi connectivity index (χ0) is 24.2. The summed E-state index contributed by atoms with van der Waals surface area (Å²) in [6, 6.07) is 0. The maximum atomic E-state index is 11.8. The maximum Gasteiger partial charge on any atom is 0.0656 e. The van der Waals surface area contributed by atoms with Crippen LogP contribution in [0.1, 0.15) is 119 Å². The van der Waals surface area contributed by atoms with Gasteiger partial charge in [-0.15, -0.1) is 0 Å². The first-order valence-electron chi connectivity index (χ1n) is 14.3. The Labute approximate surface area is 204 Å². The highest BCUT2D eigenvalue weighted by Gasteiger charge is 2.82. The van der Waals surface area contributed by atoms with Crippen molar-refractivity contribution in [2.45, 2.75) is 131 Å². The van der Waals surface area contributed by atoms with E-state index in [2.05, 4.69) is 55.0 Å². The van der Waals surface area contributed by atoms with Crippen molar-refractivity contribution < 1.29 is 10.2 Å². The van der Waals surface area contributed by atoms with Crippen LogP contribution < -0.4 is 0 Å². The second kappa shape index (κ2) is 7.12. The van der Waals surface area contributed by atoms with E-state index in [4.69, 9.17) is 0 Å². The van der Waals surface area contributed by atoms with Crippen LogP contribution in [0.25, 0.3) is 0 Å². The molecule has 0 aliphatic heterocycles. The molecule has 9 unspecified atom stereocenters. The second-order valence-corrected chi connectivity index (χ2v) is 15.1. The summed E-state index contributed by atoms with van der Waals surface area (Å²) in [5.74, 6) is 2.39. The summed E-state index contributed by atoms with van der Waals surface area (Å²) in [6.07, 6.45) is 13.1. The molecule has 2 N–H and O–H groups in total. The smallest absolute Gasteiger partial charge is 0.0656 e. The summed E-state index contributed by atoms with van der Waals surface area (Å²) < 4.78 is 0. The van der Waals surface area contributed by atoms with E-state index >= 15 is 0 Å². The van der Waals surface area contributed by atoms with Crippen molar-refractivity contribution in [1.82, 2.24) is 0 Å². The summed E-state index contributed by atoms with van der Waals surface area (Å²) in [7, 11) is 0. The normalized spacial score (nSPS) is 51.7. The van der Waals surface area contributed by atoms with Gasteiger partial charge in [-0.2, -0.15) is 0 Å². The average Bonchev–Trinajstić information content (AvgIpc) is 3.31. The molecule has 0 amide bonds. The van der Waals surface area contributed by atoms with Crippen molar-refractivity contribution in [1.29, 1.82) is 0 Å². The molecule has 0 heterocycles. The van der Waals surface area contributed by atoms with Gasteiger partial charge in [-0.1, -0.05) is 53.7 Å². The molecule has 9 atom stereocenters. The van der Waals surface area contributed by atoms with E-state index in [9.17, 15) is 10.2 Å². The number of rotatable bonds is 5. The molecule has 2 heteroatoms. The van der Waals surface area contributed by atoms with Gasteiger partial charge in [0.15, 0.2) is 0 Å². The molecule has 2 nitrogen and oxygen atoms in total. The number of hydrogen-bond acceptors (Lipinski definition) is 2. The number of aliphatic hydroxyl groups excluding tert-OH is 1. The average molecular weight is 457 g/mol. The lowest BCUT2D eigenvalue weighted by Crippen LogP contribution is -2.58. The van der Waals surface area contributed by atoms with Crippen LogP contribution in [-0.2, 0) is 0 Å². The highest BCUT2D eigenvalue weighted by Crippen LogP contribution is 2.89. The molecule has 0 aromatic heterocycles. The van der Waals surface area contributed by atoms with Gasteiger partial charge in [0.05, 0.1) is 11.7 Å². The van der Waals surface area contributed by atoms with E-state index in [0.29, 0.717) is 34.0 Å². The second-order valence-electron chi connectivity index (χ2n) is 15.1. The number of hydrogen-bond donors (Lipinski definition) is 2. The zero-order valence-corrected chi connectivity index (χ0v) is 22.8. The molecule has 5 aliphatic rings. The van der Waals surface area contributed by atoms with Crippen molar-refractivity contribution in [2.75, 3.05) is 0 Å². The fraction of sp³-hybridized carbons (Fsp3) is 0.935. The lowest BCUT2D eigenvalue weighted by atomic mass is 9.41. The van der Waals surface area contributed by atoms with Gasteiger partial charge in [0.2, 0.25) is 0 Å². The van der Waals surface area contributed by atoms with Gasteiger partial charge in [-0.05, 0) is 128 Å². The van der Waals surface area contributed by atoms with E-state index in [1.807, 2.05) is 0 Å². The lowest BCUT2D eigenvalue weighted by molar-refractivity contribution is -0.174. The van der Waals surface area contributed by atoms with Crippen molar-refractivity contribution in [3.05, 3.63) is 12.2 Å². The third-order valence-corrected chi connectivity index (χ3v) is 13.6. The Bertz CT molecular complexity index is 825. The van der Waals surface area contributed by atoms with Crippen molar-refractivity contribution in [3.63, 3.8) is 0 Å². The monoisotopic (exact) mass is 456 g/mol. The van der Waals surface area contributed by atoms with Crippen LogP contribution in [0.3, 0.4) is 0 Å². The molecule has 0 aromatic carbocycles. The molecule has 5 aliphatic carbocycles. The summed E-state index contributed by atoms with van der Waals surface area (Å²) in [6.45, 7) is 20.8. The van der Waals surface area contributed by atoms with Crippen LogP contribution in [-0.4, -0.2) is 21.9 Å². The molecule has 0 radical (unpaired) electrons. The zero-order valence-electron chi connectivity index (χ0n) is 22.8. The third kappa shape index (κ3) is 2.92. The van der Waals surface area contributed by atoms with E-state index < -0.39 is 5.60 Å².